The summed E-state index contributed by atoms with van der Waals surface area (Å²) in [6.45, 7) is 0. The Balaban J connectivity index is 2.11. The van der Waals surface area contributed by atoms with E-state index in [1.165, 1.54) is 18.2 Å². The van der Waals surface area contributed by atoms with Crippen LogP contribution in [0.15, 0.2) is 46.9 Å². The first-order valence-electron chi connectivity index (χ1n) is 6.33. The van der Waals surface area contributed by atoms with Crippen LogP contribution >= 0.6 is 27.5 Å². The minimum atomic E-state index is -0.276. The minimum Gasteiger partial charge on any atom is -0.207 e. The number of hydrogen-bond donors (Lipinski definition) is 0. The molecule has 2 rings (SSSR count). The standard InChI is InChI=1S/C16H14BrClF2/c17-16-13(4-2-6-15(16)20)8-12(10-18)7-11-3-1-5-14(19)9-11/h1-6,9,12H,7-8,10H2. The van der Waals surface area contributed by atoms with Gasteiger partial charge in [-0.15, -0.1) is 11.6 Å². The van der Waals surface area contributed by atoms with Gasteiger partial charge in [0, 0.05) is 5.88 Å². The lowest BCUT2D eigenvalue weighted by atomic mass is 9.94. The molecule has 20 heavy (non-hydrogen) atoms. The molecule has 0 N–H and O–H groups in total. The zero-order chi connectivity index (χ0) is 14.5. The Labute approximate surface area is 130 Å². The van der Waals surface area contributed by atoms with Gasteiger partial charge < -0.3 is 0 Å². The maximum Gasteiger partial charge on any atom is 0.137 e. The summed E-state index contributed by atoms with van der Waals surface area (Å²) in [4.78, 5) is 0. The third-order valence-electron chi connectivity index (χ3n) is 3.17. The van der Waals surface area contributed by atoms with Crippen molar-refractivity contribution in [3.8, 4) is 0 Å². The van der Waals surface area contributed by atoms with Gasteiger partial charge in [-0.05, 0) is 64.0 Å². The first-order valence-corrected chi connectivity index (χ1v) is 7.66. The van der Waals surface area contributed by atoms with Gasteiger partial charge in [0.05, 0.1) is 4.47 Å². The van der Waals surface area contributed by atoms with Crippen molar-refractivity contribution in [1.29, 1.82) is 0 Å². The average Bonchev–Trinajstić information content (AvgIpc) is 2.43. The van der Waals surface area contributed by atoms with Gasteiger partial charge >= 0.3 is 0 Å². The molecular weight excluding hydrogens is 346 g/mol. The van der Waals surface area contributed by atoms with Crippen LogP contribution in [0.2, 0.25) is 0 Å². The second kappa shape index (κ2) is 7.19. The molecule has 0 aliphatic rings. The quantitative estimate of drug-likeness (QED) is 0.630. The Morgan fingerprint density at radius 3 is 2.50 bits per heavy atom. The highest BCUT2D eigenvalue weighted by molar-refractivity contribution is 9.10. The monoisotopic (exact) mass is 358 g/mol. The van der Waals surface area contributed by atoms with Gasteiger partial charge in [-0.25, -0.2) is 8.78 Å². The molecule has 0 amide bonds. The highest BCUT2D eigenvalue weighted by Crippen LogP contribution is 2.25. The summed E-state index contributed by atoms with van der Waals surface area (Å²) in [7, 11) is 0. The molecule has 0 heterocycles. The van der Waals surface area contributed by atoms with Gasteiger partial charge in [0.2, 0.25) is 0 Å². The molecule has 0 aromatic heterocycles. The van der Waals surface area contributed by atoms with Crippen molar-refractivity contribution < 1.29 is 8.78 Å². The summed E-state index contributed by atoms with van der Waals surface area (Å²) in [6, 6.07) is 11.5. The topological polar surface area (TPSA) is 0 Å². The van der Waals surface area contributed by atoms with Crippen LogP contribution in [-0.4, -0.2) is 5.88 Å². The second-order valence-corrected chi connectivity index (χ2v) is 5.87. The van der Waals surface area contributed by atoms with Gasteiger partial charge in [0.15, 0.2) is 0 Å². The molecule has 0 radical (unpaired) electrons. The van der Waals surface area contributed by atoms with Gasteiger partial charge in [0.25, 0.3) is 0 Å². The molecule has 0 spiro atoms. The summed E-state index contributed by atoms with van der Waals surface area (Å²) < 4.78 is 27.1. The molecule has 0 aliphatic heterocycles. The third kappa shape index (κ3) is 4.03. The molecule has 2 aromatic carbocycles. The second-order valence-electron chi connectivity index (χ2n) is 4.77. The summed E-state index contributed by atoms with van der Waals surface area (Å²) >= 11 is 9.25. The van der Waals surface area contributed by atoms with E-state index in [1.807, 2.05) is 12.1 Å². The van der Waals surface area contributed by atoms with E-state index in [4.69, 9.17) is 11.6 Å². The Morgan fingerprint density at radius 2 is 1.80 bits per heavy atom. The minimum absolute atomic E-state index is 0.136. The van der Waals surface area contributed by atoms with E-state index in [1.54, 1.807) is 12.1 Å². The Kier molecular flexibility index (Phi) is 5.55. The molecule has 4 heteroatoms. The first-order chi connectivity index (χ1) is 9.60. The van der Waals surface area contributed by atoms with Crippen molar-refractivity contribution in [3.05, 3.63) is 69.7 Å². The molecule has 106 valence electrons. The van der Waals surface area contributed by atoms with Gasteiger partial charge in [0.1, 0.15) is 11.6 Å². The number of halogens is 4. The lowest BCUT2D eigenvalue weighted by Crippen LogP contribution is -2.11. The largest absolute Gasteiger partial charge is 0.207 e. The highest BCUT2D eigenvalue weighted by atomic mass is 79.9. The lowest BCUT2D eigenvalue weighted by molar-refractivity contribution is 0.568. The Hall–Kier alpha value is -0.930. The number of benzene rings is 2. The maximum absolute atomic E-state index is 13.5. The fourth-order valence-electron chi connectivity index (χ4n) is 2.20. The zero-order valence-corrected chi connectivity index (χ0v) is 13.1. The van der Waals surface area contributed by atoms with E-state index in [9.17, 15) is 8.78 Å². The van der Waals surface area contributed by atoms with Crippen LogP contribution < -0.4 is 0 Å². The summed E-state index contributed by atoms with van der Waals surface area (Å²) in [5.74, 6) is 0.0559. The van der Waals surface area contributed by atoms with Crippen LogP contribution in [0.1, 0.15) is 11.1 Å². The summed E-state index contributed by atoms with van der Waals surface area (Å²) in [5, 5.41) is 0. The van der Waals surface area contributed by atoms with Crippen molar-refractivity contribution in [2.24, 2.45) is 5.92 Å². The molecule has 0 saturated carbocycles. The molecule has 1 unspecified atom stereocenters. The Bertz CT molecular complexity index is 586. The number of hydrogen-bond acceptors (Lipinski definition) is 0. The molecule has 0 nitrogen and oxygen atoms in total. The molecule has 0 bridgehead atoms. The molecule has 1 atom stereocenters. The number of rotatable bonds is 5. The predicted molar refractivity (Wildman–Crippen MR) is 82.1 cm³/mol. The Morgan fingerprint density at radius 1 is 1.05 bits per heavy atom. The fraction of sp³-hybridized carbons (Fsp3) is 0.250. The molecule has 0 fully saturated rings. The van der Waals surface area contributed by atoms with Crippen molar-refractivity contribution in [1.82, 2.24) is 0 Å². The van der Waals surface area contributed by atoms with Crippen LogP contribution in [0.5, 0.6) is 0 Å². The first kappa shape index (κ1) is 15.5. The van der Waals surface area contributed by atoms with Crippen molar-refractivity contribution in [3.63, 3.8) is 0 Å². The van der Waals surface area contributed by atoms with E-state index in [2.05, 4.69) is 15.9 Å². The molecule has 2 aromatic rings. The van der Waals surface area contributed by atoms with E-state index in [0.717, 1.165) is 11.1 Å². The van der Waals surface area contributed by atoms with Crippen LogP contribution in [-0.2, 0) is 12.8 Å². The van der Waals surface area contributed by atoms with Crippen molar-refractivity contribution in [2.45, 2.75) is 12.8 Å². The smallest absolute Gasteiger partial charge is 0.137 e. The zero-order valence-electron chi connectivity index (χ0n) is 10.8. The SMILES string of the molecule is Fc1cccc(CC(CCl)Cc2cccc(F)c2Br)c1. The van der Waals surface area contributed by atoms with Crippen LogP contribution in [0.25, 0.3) is 0 Å². The average molecular weight is 360 g/mol. The summed E-state index contributed by atoms with van der Waals surface area (Å²) in [5.41, 5.74) is 1.79. The molecule has 0 aliphatic carbocycles. The van der Waals surface area contributed by atoms with E-state index in [0.29, 0.717) is 23.2 Å². The highest BCUT2D eigenvalue weighted by Gasteiger charge is 2.13. The van der Waals surface area contributed by atoms with E-state index < -0.39 is 0 Å². The van der Waals surface area contributed by atoms with Gasteiger partial charge in [-0.3, -0.25) is 0 Å². The molecule has 0 saturated heterocycles. The van der Waals surface area contributed by atoms with Crippen LogP contribution in [0.4, 0.5) is 8.78 Å². The van der Waals surface area contributed by atoms with Crippen molar-refractivity contribution in [2.75, 3.05) is 5.88 Å². The molecular formula is C16H14BrClF2. The maximum atomic E-state index is 13.5. The van der Waals surface area contributed by atoms with E-state index >= 15 is 0 Å². The lowest BCUT2D eigenvalue weighted by Gasteiger charge is -2.15. The van der Waals surface area contributed by atoms with Crippen LogP contribution in [0, 0.1) is 17.6 Å². The fourth-order valence-corrected chi connectivity index (χ4v) is 2.84. The van der Waals surface area contributed by atoms with Crippen LogP contribution in [0.3, 0.4) is 0 Å². The predicted octanol–water partition coefficient (Wildman–Crippen LogP) is 5.37. The third-order valence-corrected chi connectivity index (χ3v) is 4.50. The summed E-state index contributed by atoms with van der Waals surface area (Å²) in [6.07, 6.45) is 1.32. The van der Waals surface area contributed by atoms with Crippen molar-refractivity contribution >= 4 is 27.5 Å². The van der Waals surface area contributed by atoms with E-state index in [-0.39, 0.29) is 17.6 Å². The number of alkyl halides is 1. The van der Waals surface area contributed by atoms with Gasteiger partial charge in [-0.2, -0.15) is 0 Å². The van der Waals surface area contributed by atoms with Gasteiger partial charge in [-0.1, -0.05) is 24.3 Å². The normalized spacial score (nSPS) is 12.4.